The van der Waals surface area contributed by atoms with Crippen LogP contribution >= 0.6 is 0 Å². The summed E-state index contributed by atoms with van der Waals surface area (Å²) in [4.78, 5) is 31.1. The minimum absolute atomic E-state index is 0.000787. The number of aliphatic imine (C=N–C) groups is 1. The molecule has 1 aliphatic heterocycles. The third-order valence-electron chi connectivity index (χ3n) is 4.36. The van der Waals surface area contributed by atoms with Crippen LogP contribution < -0.4 is 11.2 Å². The number of aromatic hydroxyl groups is 1. The standard InChI is InChI=1S/C18H21N3O4/c1-11-6-3-4-8-14(11)21-17(23)15(16(22)20-18(21)24)12(2)19-10-13-7-5-9-25-13/h3-4,6,8,13,23H,5,7,9-10H2,1-2H3,(H,20,22,24)/t13-/m1/s1. The van der Waals surface area contributed by atoms with Gasteiger partial charge in [0.2, 0.25) is 5.88 Å². The molecule has 7 nitrogen and oxygen atoms in total. The number of ether oxygens (including phenoxy) is 1. The molecule has 7 heteroatoms. The van der Waals surface area contributed by atoms with Gasteiger partial charge in [0.25, 0.3) is 5.56 Å². The molecule has 0 bridgehead atoms. The first kappa shape index (κ1) is 17.2. The summed E-state index contributed by atoms with van der Waals surface area (Å²) >= 11 is 0. The zero-order valence-electron chi connectivity index (χ0n) is 14.3. The molecule has 1 atom stereocenters. The molecule has 1 aromatic heterocycles. The summed E-state index contributed by atoms with van der Waals surface area (Å²) in [7, 11) is 0. The smallest absolute Gasteiger partial charge is 0.335 e. The summed E-state index contributed by atoms with van der Waals surface area (Å²) in [5.74, 6) is -0.406. The molecular formula is C18H21N3O4. The molecule has 0 unspecified atom stereocenters. The molecule has 1 saturated heterocycles. The second-order valence-corrected chi connectivity index (χ2v) is 6.14. The predicted molar refractivity (Wildman–Crippen MR) is 95.1 cm³/mol. The highest BCUT2D eigenvalue weighted by Crippen LogP contribution is 2.20. The number of para-hydroxylation sites is 1. The van der Waals surface area contributed by atoms with Gasteiger partial charge in [-0.25, -0.2) is 9.36 Å². The fourth-order valence-electron chi connectivity index (χ4n) is 3.00. The Morgan fingerprint density at radius 3 is 2.84 bits per heavy atom. The second kappa shape index (κ2) is 7.06. The molecule has 25 heavy (non-hydrogen) atoms. The van der Waals surface area contributed by atoms with Crippen LogP contribution in [0.15, 0.2) is 38.8 Å². The summed E-state index contributed by atoms with van der Waals surface area (Å²) < 4.78 is 6.61. The van der Waals surface area contributed by atoms with Crippen LogP contribution in [-0.4, -0.2) is 39.6 Å². The van der Waals surface area contributed by atoms with Crippen LogP contribution in [0.2, 0.25) is 0 Å². The number of hydrogen-bond acceptors (Lipinski definition) is 5. The molecule has 3 rings (SSSR count). The minimum Gasteiger partial charge on any atom is -0.493 e. The van der Waals surface area contributed by atoms with E-state index in [0.717, 1.165) is 29.6 Å². The Hall–Kier alpha value is -2.67. The van der Waals surface area contributed by atoms with E-state index in [1.54, 1.807) is 19.1 Å². The van der Waals surface area contributed by atoms with E-state index >= 15 is 0 Å². The molecule has 0 amide bonds. The van der Waals surface area contributed by atoms with Crippen molar-refractivity contribution in [1.29, 1.82) is 0 Å². The lowest BCUT2D eigenvalue weighted by atomic mass is 10.1. The van der Waals surface area contributed by atoms with Crippen LogP contribution in [-0.2, 0) is 4.74 Å². The molecule has 0 radical (unpaired) electrons. The van der Waals surface area contributed by atoms with Crippen molar-refractivity contribution < 1.29 is 9.84 Å². The summed E-state index contributed by atoms with van der Waals surface area (Å²) in [5, 5.41) is 10.6. The Morgan fingerprint density at radius 1 is 1.40 bits per heavy atom. The van der Waals surface area contributed by atoms with Gasteiger partial charge in [-0.15, -0.1) is 0 Å². The molecule has 2 heterocycles. The van der Waals surface area contributed by atoms with Crippen molar-refractivity contribution in [2.75, 3.05) is 13.2 Å². The van der Waals surface area contributed by atoms with Crippen LogP contribution in [0, 0.1) is 6.92 Å². The van der Waals surface area contributed by atoms with Gasteiger partial charge in [-0.2, -0.15) is 0 Å². The lowest BCUT2D eigenvalue weighted by molar-refractivity contribution is 0.118. The van der Waals surface area contributed by atoms with Crippen LogP contribution in [0.25, 0.3) is 5.69 Å². The quantitative estimate of drug-likeness (QED) is 0.823. The normalized spacial score (nSPS) is 17.8. The maximum atomic E-state index is 12.2. The molecule has 2 aromatic rings. The van der Waals surface area contributed by atoms with Gasteiger partial charge in [0, 0.05) is 6.61 Å². The lowest BCUT2D eigenvalue weighted by Crippen LogP contribution is -2.33. The summed E-state index contributed by atoms with van der Waals surface area (Å²) in [5.41, 5.74) is 0.340. The molecule has 1 fully saturated rings. The molecule has 2 N–H and O–H groups in total. The van der Waals surface area contributed by atoms with Crippen molar-refractivity contribution in [3.8, 4) is 11.6 Å². The molecular weight excluding hydrogens is 322 g/mol. The SMILES string of the molecule is CC(=NC[C@H]1CCCO1)c1c(O)n(-c2ccccc2C)c(=O)[nH]c1=O. The summed E-state index contributed by atoms with van der Waals surface area (Å²) in [6.07, 6.45) is 1.98. The van der Waals surface area contributed by atoms with Gasteiger partial charge in [0.05, 0.1) is 24.0 Å². The topological polar surface area (TPSA) is 96.7 Å². The predicted octanol–water partition coefficient (Wildman–Crippen LogP) is 1.53. The van der Waals surface area contributed by atoms with Crippen LogP contribution in [0.4, 0.5) is 0 Å². The second-order valence-electron chi connectivity index (χ2n) is 6.14. The molecule has 1 aliphatic rings. The lowest BCUT2D eigenvalue weighted by Gasteiger charge is -2.13. The number of aromatic nitrogens is 2. The third-order valence-corrected chi connectivity index (χ3v) is 4.36. The van der Waals surface area contributed by atoms with Crippen molar-refractivity contribution in [3.63, 3.8) is 0 Å². The zero-order valence-corrected chi connectivity index (χ0v) is 14.3. The van der Waals surface area contributed by atoms with Gasteiger partial charge >= 0.3 is 5.69 Å². The first-order chi connectivity index (χ1) is 12.0. The van der Waals surface area contributed by atoms with Gasteiger partial charge in [-0.3, -0.25) is 14.8 Å². The number of nitrogens with zero attached hydrogens (tertiary/aromatic N) is 2. The van der Waals surface area contributed by atoms with Crippen LogP contribution in [0.1, 0.15) is 30.9 Å². The van der Waals surface area contributed by atoms with E-state index in [4.69, 9.17) is 4.74 Å². The van der Waals surface area contributed by atoms with Crippen molar-refractivity contribution in [2.45, 2.75) is 32.8 Å². The highest BCUT2D eigenvalue weighted by atomic mass is 16.5. The van der Waals surface area contributed by atoms with Gasteiger partial charge < -0.3 is 9.84 Å². The minimum atomic E-state index is -0.688. The van der Waals surface area contributed by atoms with E-state index in [-0.39, 0.29) is 11.7 Å². The third kappa shape index (κ3) is 3.41. The molecule has 132 valence electrons. The number of aromatic amines is 1. The first-order valence-corrected chi connectivity index (χ1v) is 8.26. The summed E-state index contributed by atoms with van der Waals surface area (Å²) in [6.45, 7) is 4.62. The van der Waals surface area contributed by atoms with E-state index in [1.165, 1.54) is 0 Å². The number of nitrogens with one attached hydrogen (secondary N) is 1. The van der Waals surface area contributed by atoms with E-state index < -0.39 is 17.1 Å². The van der Waals surface area contributed by atoms with E-state index in [9.17, 15) is 14.7 Å². The number of hydrogen-bond donors (Lipinski definition) is 2. The molecule has 0 saturated carbocycles. The number of benzene rings is 1. The highest BCUT2D eigenvalue weighted by Gasteiger charge is 2.20. The Morgan fingerprint density at radius 2 is 2.16 bits per heavy atom. The summed E-state index contributed by atoms with van der Waals surface area (Å²) in [6, 6.07) is 7.13. The first-order valence-electron chi connectivity index (χ1n) is 8.26. The van der Waals surface area contributed by atoms with E-state index in [1.807, 2.05) is 19.1 Å². The number of aryl methyl sites for hydroxylation is 1. The maximum absolute atomic E-state index is 12.2. The largest absolute Gasteiger partial charge is 0.493 e. The van der Waals surface area contributed by atoms with Gasteiger partial charge in [0.1, 0.15) is 5.56 Å². The van der Waals surface area contributed by atoms with Crippen molar-refractivity contribution in [1.82, 2.24) is 9.55 Å². The van der Waals surface area contributed by atoms with Gasteiger partial charge in [-0.1, -0.05) is 18.2 Å². The molecule has 1 aromatic carbocycles. The zero-order chi connectivity index (χ0) is 18.0. The van der Waals surface area contributed by atoms with Crippen molar-refractivity contribution >= 4 is 5.71 Å². The monoisotopic (exact) mass is 343 g/mol. The highest BCUT2D eigenvalue weighted by molar-refractivity contribution is 6.00. The Balaban J connectivity index is 2.07. The van der Waals surface area contributed by atoms with Crippen LogP contribution in [0.3, 0.4) is 0 Å². The Bertz CT molecular complexity index is 921. The average molecular weight is 343 g/mol. The fourth-order valence-corrected chi connectivity index (χ4v) is 3.00. The van der Waals surface area contributed by atoms with Crippen molar-refractivity contribution in [3.05, 3.63) is 56.2 Å². The van der Waals surface area contributed by atoms with Gasteiger partial charge in [-0.05, 0) is 38.3 Å². The van der Waals surface area contributed by atoms with E-state index in [0.29, 0.717) is 17.9 Å². The Labute approximate surface area is 144 Å². The average Bonchev–Trinajstić information content (AvgIpc) is 3.07. The van der Waals surface area contributed by atoms with Crippen LogP contribution in [0.5, 0.6) is 5.88 Å². The fraction of sp³-hybridized carbons (Fsp3) is 0.389. The van der Waals surface area contributed by atoms with E-state index in [2.05, 4.69) is 9.98 Å². The van der Waals surface area contributed by atoms with Gasteiger partial charge in [0.15, 0.2) is 0 Å². The molecule has 0 aliphatic carbocycles. The number of rotatable bonds is 4. The molecule has 0 spiro atoms. The number of H-pyrrole nitrogens is 1. The Kier molecular flexibility index (Phi) is 4.85. The maximum Gasteiger partial charge on any atom is 0.335 e. The van der Waals surface area contributed by atoms with Crippen molar-refractivity contribution in [2.24, 2.45) is 4.99 Å².